The molecule has 2 amide bonds. The van der Waals surface area contributed by atoms with Crippen molar-refractivity contribution in [2.24, 2.45) is 5.16 Å². The Morgan fingerprint density at radius 3 is 2.36 bits per heavy atom. The summed E-state index contributed by atoms with van der Waals surface area (Å²) in [6, 6.07) is 12.0. The number of hydrogen-bond acceptors (Lipinski definition) is 5. The van der Waals surface area contributed by atoms with Gasteiger partial charge in [0.1, 0.15) is 5.75 Å². The topological polar surface area (TPSA) is 89.0 Å². The second-order valence-corrected chi connectivity index (χ2v) is 6.45. The molecule has 2 N–H and O–H groups in total. The quantitative estimate of drug-likeness (QED) is 0.538. The molecule has 0 radical (unpaired) electrons. The van der Waals surface area contributed by atoms with Crippen molar-refractivity contribution in [1.82, 2.24) is 0 Å². The summed E-state index contributed by atoms with van der Waals surface area (Å²) in [5.41, 5.74) is 2.53. The van der Waals surface area contributed by atoms with Gasteiger partial charge in [0, 0.05) is 17.6 Å². The molecular formula is C20H22ClN3O4. The minimum absolute atomic E-state index is 0.141. The number of carbonyl (C=O) groups is 2. The highest BCUT2D eigenvalue weighted by Gasteiger charge is 2.17. The average molecular weight is 404 g/mol. The monoisotopic (exact) mass is 403 g/mol. The van der Waals surface area contributed by atoms with E-state index < -0.39 is 12.0 Å². The van der Waals surface area contributed by atoms with Gasteiger partial charge >= 0.3 is 0 Å². The molecule has 2 aromatic carbocycles. The van der Waals surface area contributed by atoms with E-state index in [1.165, 1.54) is 14.0 Å². The van der Waals surface area contributed by atoms with Crippen LogP contribution in [0.5, 0.6) is 5.75 Å². The Morgan fingerprint density at radius 2 is 1.75 bits per heavy atom. The summed E-state index contributed by atoms with van der Waals surface area (Å²) in [5, 5.41) is 9.89. The van der Waals surface area contributed by atoms with Crippen LogP contribution in [0.1, 0.15) is 26.3 Å². The van der Waals surface area contributed by atoms with Crippen molar-refractivity contribution >= 4 is 40.5 Å². The fraction of sp³-hybridized carbons (Fsp3) is 0.250. The van der Waals surface area contributed by atoms with Crippen molar-refractivity contribution in [3.8, 4) is 5.75 Å². The zero-order valence-electron chi connectivity index (χ0n) is 16.1. The first-order valence-electron chi connectivity index (χ1n) is 8.53. The Morgan fingerprint density at radius 1 is 1.07 bits per heavy atom. The van der Waals surface area contributed by atoms with E-state index in [1.54, 1.807) is 56.3 Å². The first kappa shape index (κ1) is 21.2. The number of ether oxygens (including phenoxy) is 1. The standard InChI is InChI=1S/C20H22ClN3O4/c1-12(15-5-8-17(9-6-15)22-14(3)25)24-28-13(2)20(26)23-18-11-16(21)7-10-19(18)27-4/h5-11,13H,1-4H3,(H,22,25)(H,23,26)/b24-12+. The van der Waals surface area contributed by atoms with E-state index in [-0.39, 0.29) is 5.91 Å². The van der Waals surface area contributed by atoms with Gasteiger partial charge in [-0.25, -0.2) is 0 Å². The second-order valence-electron chi connectivity index (χ2n) is 6.02. The van der Waals surface area contributed by atoms with Gasteiger partial charge in [0.05, 0.1) is 18.5 Å². The number of anilines is 2. The van der Waals surface area contributed by atoms with Crippen molar-refractivity contribution < 1.29 is 19.2 Å². The number of methoxy groups -OCH3 is 1. The SMILES string of the molecule is COc1ccc(Cl)cc1NC(=O)C(C)O/N=C(\C)c1ccc(NC(C)=O)cc1. The van der Waals surface area contributed by atoms with Crippen LogP contribution in [0.4, 0.5) is 11.4 Å². The minimum Gasteiger partial charge on any atom is -0.495 e. The lowest BCUT2D eigenvalue weighted by molar-refractivity contribution is -0.126. The molecular weight excluding hydrogens is 382 g/mol. The number of rotatable bonds is 7. The molecule has 8 heteroatoms. The average Bonchev–Trinajstić information content (AvgIpc) is 2.66. The highest BCUT2D eigenvalue weighted by Crippen LogP contribution is 2.27. The molecule has 2 aromatic rings. The maximum Gasteiger partial charge on any atom is 0.268 e. The number of nitrogens with zero attached hydrogens (tertiary/aromatic N) is 1. The molecule has 0 aliphatic heterocycles. The molecule has 0 heterocycles. The van der Waals surface area contributed by atoms with Gasteiger partial charge in [-0.15, -0.1) is 0 Å². The Labute approximate surface area is 168 Å². The zero-order valence-corrected chi connectivity index (χ0v) is 16.8. The van der Waals surface area contributed by atoms with Crippen LogP contribution < -0.4 is 15.4 Å². The molecule has 148 valence electrons. The molecule has 0 saturated carbocycles. The van der Waals surface area contributed by atoms with E-state index in [1.807, 2.05) is 0 Å². The number of benzene rings is 2. The van der Waals surface area contributed by atoms with Crippen LogP contribution in [-0.2, 0) is 14.4 Å². The first-order chi connectivity index (χ1) is 13.3. The highest BCUT2D eigenvalue weighted by atomic mass is 35.5. The third kappa shape index (κ3) is 5.99. The lowest BCUT2D eigenvalue weighted by Gasteiger charge is -2.14. The number of oxime groups is 1. The molecule has 0 aliphatic rings. The largest absolute Gasteiger partial charge is 0.495 e. The summed E-state index contributed by atoms with van der Waals surface area (Å²) in [7, 11) is 1.50. The van der Waals surface area contributed by atoms with E-state index >= 15 is 0 Å². The third-order valence-electron chi connectivity index (χ3n) is 3.76. The molecule has 1 atom stereocenters. The van der Waals surface area contributed by atoms with Gasteiger partial charge in [0.25, 0.3) is 5.91 Å². The van der Waals surface area contributed by atoms with E-state index in [0.717, 1.165) is 5.56 Å². The molecule has 28 heavy (non-hydrogen) atoms. The van der Waals surface area contributed by atoms with Gasteiger partial charge in [-0.2, -0.15) is 0 Å². The van der Waals surface area contributed by atoms with Gasteiger partial charge in [-0.3, -0.25) is 9.59 Å². The Balaban J connectivity index is 1.99. The summed E-state index contributed by atoms with van der Waals surface area (Å²) in [5.74, 6) is -0.0420. The van der Waals surface area contributed by atoms with Crippen LogP contribution >= 0.6 is 11.6 Å². The Bertz CT molecular complexity index is 882. The summed E-state index contributed by atoms with van der Waals surface area (Å²) < 4.78 is 5.20. The van der Waals surface area contributed by atoms with E-state index in [0.29, 0.717) is 27.9 Å². The van der Waals surface area contributed by atoms with Gasteiger partial charge < -0.3 is 20.2 Å². The number of carbonyl (C=O) groups excluding carboxylic acids is 2. The molecule has 1 unspecified atom stereocenters. The first-order valence-corrected chi connectivity index (χ1v) is 8.90. The van der Waals surface area contributed by atoms with Gasteiger partial charge in [-0.05, 0) is 49.7 Å². The normalized spacial score (nSPS) is 12.1. The smallest absolute Gasteiger partial charge is 0.268 e. The molecule has 2 rings (SSSR count). The predicted molar refractivity (Wildman–Crippen MR) is 110 cm³/mol. The van der Waals surface area contributed by atoms with Crippen LogP contribution in [0.2, 0.25) is 5.02 Å². The lowest BCUT2D eigenvalue weighted by atomic mass is 10.1. The zero-order chi connectivity index (χ0) is 20.7. The van der Waals surface area contributed by atoms with Crippen LogP contribution in [0.15, 0.2) is 47.6 Å². The maximum absolute atomic E-state index is 12.3. The summed E-state index contributed by atoms with van der Waals surface area (Å²) in [6.45, 7) is 4.79. The van der Waals surface area contributed by atoms with Crippen molar-refractivity contribution in [3.05, 3.63) is 53.1 Å². The van der Waals surface area contributed by atoms with Crippen molar-refractivity contribution in [2.45, 2.75) is 26.9 Å². The molecule has 0 bridgehead atoms. The predicted octanol–water partition coefficient (Wildman–Crippen LogP) is 4.07. The van der Waals surface area contributed by atoms with Crippen LogP contribution in [0.25, 0.3) is 0 Å². The second kappa shape index (κ2) is 9.75. The summed E-state index contributed by atoms with van der Waals surface area (Å²) in [6.07, 6.45) is -0.836. The highest BCUT2D eigenvalue weighted by molar-refractivity contribution is 6.31. The van der Waals surface area contributed by atoms with Gasteiger partial charge in [0.15, 0.2) is 0 Å². The fourth-order valence-corrected chi connectivity index (χ4v) is 2.44. The van der Waals surface area contributed by atoms with E-state index in [2.05, 4.69) is 15.8 Å². The lowest BCUT2D eigenvalue weighted by Crippen LogP contribution is -2.26. The molecule has 0 saturated heterocycles. The Hall–Kier alpha value is -3.06. The Kier molecular flexibility index (Phi) is 7.40. The van der Waals surface area contributed by atoms with Crippen LogP contribution in [0, 0.1) is 0 Å². The maximum atomic E-state index is 12.3. The van der Waals surface area contributed by atoms with Crippen molar-refractivity contribution in [3.63, 3.8) is 0 Å². The van der Waals surface area contributed by atoms with E-state index in [9.17, 15) is 9.59 Å². The number of halogens is 1. The third-order valence-corrected chi connectivity index (χ3v) is 3.99. The van der Waals surface area contributed by atoms with Gasteiger partial charge in [0.2, 0.25) is 12.0 Å². The molecule has 7 nitrogen and oxygen atoms in total. The van der Waals surface area contributed by atoms with Crippen LogP contribution in [0.3, 0.4) is 0 Å². The molecule has 0 fully saturated rings. The molecule has 0 aromatic heterocycles. The number of nitrogens with one attached hydrogen (secondary N) is 2. The summed E-state index contributed by atoms with van der Waals surface area (Å²) >= 11 is 5.96. The fourth-order valence-electron chi connectivity index (χ4n) is 2.27. The summed E-state index contributed by atoms with van der Waals surface area (Å²) in [4.78, 5) is 28.7. The number of hydrogen-bond donors (Lipinski definition) is 2. The number of amides is 2. The van der Waals surface area contributed by atoms with E-state index in [4.69, 9.17) is 21.2 Å². The molecule has 0 spiro atoms. The van der Waals surface area contributed by atoms with Gasteiger partial charge in [-0.1, -0.05) is 28.9 Å². The van der Waals surface area contributed by atoms with Crippen LogP contribution in [-0.4, -0.2) is 30.7 Å². The van der Waals surface area contributed by atoms with Crippen molar-refractivity contribution in [2.75, 3.05) is 17.7 Å². The minimum atomic E-state index is -0.836. The van der Waals surface area contributed by atoms with Crippen molar-refractivity contribution in [1.29, 1.82) is 0 Å². The molecule has 0 aliphatic carbocycles.